The molecule has 3 rings (SSSR count). The summed E-state index contributed by atoms with van der Waals surface area (Å²) < 4.78 is 36.6. The van der Waals surface area contributed by atoms with Crippen LogP contribution in [0.1, 0.15) is 0 Å². The predicted octanol–water partition coefficient (Wildman–Crippen LogP) is 3.18. The molecule has 0 aliphatic rings. The van der Waals surface area contributed by atoms with Crippen LogP contribution in [0.25, 0.3) is 11.0 Å². The van der Waals surface area contributed by atoms with Crippen molar-refractivity contribution in [2.45, 2.75) is 11.7 Å². The zero-order valence-electron chi connectivity index (χ0n) is 14.4. The van der Waals surface area contributed by atoms with Crippen LogP contribution < -0.4 is 4.18 Å². The Hall–Kier alpha value is -2.03. The average molecular weight is 393 g/mol. The van der Waals surface area contributed by atoms with Crippen LogP contribution in [-0.4, -0.2) is 43.2 Å². The van der Waals surface area contributed by atoms with E-state index in [2.05, 4.69) is 4.98 Å². The third kappa shape index (κ3) is 4.78. The molecular weight excluding hydrogens is 372 g/mol. The van der Waals surface area contributed by atoms with Gasteiger partial charge in [0, 0.05) is 19.4 Å². The molecule has 3 aromatic rings. The van der Waals surface area contributed by atoms with Gasteiger partial charge in [-0.15, -0.1) is 0 Å². The first kappa shape index (κ1) is 18.8. The van der Waals surface area contributed by atoms with E-state index in [1.807, 2.05) is 28.8 Å². The maximum Gasteiger partial charge on any atom is 0.310 e. The summed E-state index contributed by atoms with van der Waals surface area (Å²) in [6.45, 7) is 1.22. The Bertz CT molecular complexity index is 956. The first-order chi connectivity index (χ1) is 12.6. The number of hydrogen-bond acceptors (Lipinski definition) is 6. The molecule has 0 saturated carbocycles. The second-order valence-corrected chi connectivity index (χ2v) is 8.29. The summed E-state index contributed by atoms with van der Waals surface area (Å²) in [5, 5.41) is 0.776. The monoisotopic (exact) mass is 392 g/mol. The van der Waals surface area contributed by atoms with Crippen LogP contribution in [0.2, 0.25) is 0 Å². The van der Waals surface area contributed by atoms with Crippen LogP contribution in [0.4, 0.5) is 0 Å². The quantitative estimate of drug-likeness (QED) is 0.411. The number of thioether (sulfide) groups is 1. The molecule has 0 aliphatic carbocycles. The topological polar surface area (TPSA) is 70.4 Å². The van der Waals surface area contributed by atoms with Crippen molar-refractivity contribution in [2.75, 3.05) is 25.2 Å². The Labute approximate surface area is 157 Å². The molecule has 0 saturated heterocycles. The Morgan fingerprint density at radius 3 is 2.58 bits per heavy atom. The molecular formula is C18H20N2O4S2. The van der Waals surface area contributed by atoms with Gasteiger partial charge in [0.05, 0.1) is 23.4 Å². The molecule has 0 atom stereocenters. The highest BCUT2D eigenvalue weighted by molar-refractivity contribution is 8.00. The van der Waals surface area contributed by atoms with E-state index in [9.17, 15) is 8.42 Å². The normalized spacial score (nSPS) is 11.7. The average Bonchev–Trinajstić information content (AvgIpc) is 2.97. The maximum atomic E-state index is 12.1. The van der Waals surface area contributed by atoms with E-state index in [0.29, 0.717) is 24.7 Å². The number of methoxy groups -OCH3 is 1. The Kier molecular flexibility index (Phi) is 6.18. The van der Waals surface area contributed by atoms with Crippen LogP contribution in [0, 0.1) is 0 Å². The fraction of sp³-hybridized carbons (Fsp3) is 0.278. The highest BCUT2D eigenvalue weighted by atomic mass is 32.2. The largest absolute Gasteiger partial charge is 0.383 e. The van der Waals surface area contributed by atoms with Crippen molar-refractivity contribution in [3.63, 3.8) is 0 Å². The lowest BCUT2D eigenvalue weighted by atomic mass is 10.3. The molecule has 26 heavy (non-hydrogen) atoms. The van der Waals surface area contributed by atoms with Gasteiger partial charge in [-0.1, -0.05) is 42.1 Å². The molecule has 0 amide bonds. The summed E-state index contributed by atoms with van der Waals surface area (Å²) in [5.41, 5.74) is 1.89. The van der Waals surface area contributed by atoms with E-state index in [4.69, 9.17) is 8.92 Å². The van der Waals surface area contributed by atoms with Gasteiger partial charge in [0.25, 0.3) is 0 Å². The van der Waals surface area contributed by atoms with Crippen molar-refractivity contribution in [1.82, 2.24) is 9.55 Å². The van der Waals surface area contributed by atoms with Gasteiger partial charge >= 0.3 is 10.1 Å². The Balaban J connectivity index is 1.67. The minimum absolute atomic E-state index is 0.0972. The van der Waals surface area contributed by atoms with Gasteiger partial charge in [-0.05, 0) is 24.3 Å². The number of ether oxygens (including phenoxy) is 1. The lowest BCUT2D eigenvalue weighted by Crippen LogP contribution is -2.15. The maximum absolute atomic E-state index is 12.1. The van der Waals surface area contributed by atoms with E-state index in [-0.39, 0.29) is 5.75 Å². The minimum Gasteiger partial charge on any atom is -0.383 e. The predicted molar refractivity (Wildman–Crippen MR) is 103 cm³/mol. The van der Waals surface area contributed by atoms with Gasteiger partial charge < -0.3 is 13.5 Å². The van der Waals surface area contributed by atoms with Crippen molar-refractivity contribution in [3.8, 4) is 5.75 Å². The molecule has 0 aliphatic heterocycles. The van der Waals surface area contributed by atoms with Gasteiger partial charge in [-0.25, -0.2) is 4.98 Å². The van der Waals surface area contributed by atoms with Crippen LogP contribution in [0.3, 0.4) is 0 Å². The van der Waals surface area contributed by atoms with E-state index in [1.54, 1.807) is 37.4 Å². The third-order valence-electron chi connectivity index (χ3n) is 3.67. The summed E-state index contributed by atoms with van der Waals surface area (Å²) >= 11 is 1.40. The number of para-hydroxylation sites is 3. The van der Waals surface area contributed by atoms with Gasteiger partial charge in [0.2, 0.25) is 0 Å². The van der Waals surface area contributed by atoms with Crippen molar-refractivity contribution in [1.29, 1.82) is 0 Å². The third-order valence-corrected chi connectivity index (χ3v) is 6.06. The zero-order chi connectivity index (χ0) is 18.4. The SMILES string of the molecule is COCCn1c(SCCS(=O)(=O)Oc2ccccc2)nc2ccccc21. The lowest BCUT2D eigenvalue weighted by Gasteiger charge is -2.09. The van der Waals surface area contributed by atoms with Crippen molar-refractivity contribution in [2.24, 2.45) is 0 Å². The van der Waals surface area contributed by atoms with Crippen LogP contribution in [-0.2, 0) is 21.4 Å². The molecule has 1 heterocycles. The number of rotatable bonds is 9. The van der Waals surface area contributed by atoms with E-state index >= 15 is 0 Å². The van der Waals surface area contributed by atoms with Gasteiger partial charge in [0.15, 0.2) is 5.16 Å². The van der Waals surface area contributed by atoms with E-state index in [0.717, 1.165) is 16.2 Å². The molecule has 2 aromatic carbocycles. The fourth-order valence-corrected chi connectivity index (χ4v) is 4.79. The molecule has 8 heteroatoms. The number of aromatic nitrogens is 2. The first-order valence-corrected chi connectivity index (χ1v) is 10.7. The second-order valence-electron chi connectivity index (χ2n) is 5.53. The first-order valence-electron chi connectivity index (χ1n) is 8.13. The Morgan fingerprint density at radius 2 is 1.81 bits per heavy atom. The molecule has 1 aromatic heterocycles. The molecule has 0 spiro atoms. The van der Waals surface area contributed by atoms with E-state index < -0.39 is 10.1 Å². The van der Waals surface area contributed by atoms with Crippen molar-refractivity contribution < 1.29 is 17.3 Å². The molecule has 6 nitrogen and oxygen atoms in total. The van der Waals surface area contributed by atoms with E-state index in [1.165, 1.54) is 11.8 Å². The molecule has 0 bridgehead atoms. The number of benzene rings is 2. The standard InChI is InChI=1S/C18H20N2O4S2/c1-23-12-11-20-17-10-6-5-9-16(17)19-18(20)25-13-14-26(21,22)24-15-7-3-2-4-8-15/h2-10H,11-14H2,1H3. The molecule has 0 unspecified atom stereocenters. The minimum atomic E-state index is -3.65. The van der Waals surface area contributed by atoms with Crippen LogP contribution in [0.5, 0.6) is 5.75 Å². The van der Waals surface area contributed by atoms with Crippen molar-refractivity contribution >= 4 is 32.9 Å². The van der Waals surface area contributed by atoms with Crippen LogP contribution >= 0.6 is 11.8 Å². The summed E-state index contributed by atoms with van der Waals surface area (Å²) in [6.07, 6.45) is 0. The summed E-state index contributed by atoms with van der Waals surface area (Å²) in [6, 6.07) is 16.3. The van der Waals surface area contributed by atoms with Gasteiger partial charge in [0.1, 0.15) is 5.75 Å². The number of hydrogen-bond donors (Lipinski definition) is 0. The molecule has 0 fully saturated rings. The van der Waals surface area contributed by atoms with Gasteiger partial charge in [-0.2, -0.15) is 8.42 Å². The molecule has 0 N–H and O–H groups in total. The highest BCUT2D eigenvalue weighted by Crippen LogP contribution is 2.24. The number of imidazole rings is 1. The molecule has 138 valence electrons. The number of fused-ring (bicyclic) bond motifs is 1. The zero-order valence-corrected chi connectivity index (χ0v) is 16.0. The van der Waals surface area contributed by atoms with Crippen molar-refractivity contribution in [3.05, 3.63) is 54.6 Å². The second kappa shape index (κ2) is 8.57. The smallest absolute Gasteiger partial charge is 0.310 e. The summed E-state index contributed by atoms with van der Waals surface area (Å²) in [5.74, 6) is 0.579. The fourth-order valence-electron chi connectivity index (χ4n) is 2.46. The Morgan fingerprint density at radius 1 is 1.08 bits per heavy atom. The van der Waals surface area contributed by atoms with Gasteiger partial charge in [-0.3, -0.25) is 0 Å². The van der Waals surface area contributed by atoms with Crippen LogP contribution in [0.15, 0.2) is 59.8 Å². The highest BCUT2D eigenvalue weighted by Gasteiger charge is 2.16. The lowest BCUT2D eigenvalue weighted by molar-refractivity contribution is 0.186. The number of nitrogens with zero attached hydrogens (tertiary/aromatic N) is 2. The summed E-state index contributed by atoms with van der Waals surface area (Å²) in [7, 11) is -1.99. The molecule has 0 radical (unpaired) electrons. The summed E-state index contributed by atoms with van der Waals surface area (Å²) in [4.78, 5) is 4.60.